The van der Waals surface area contributed by atoms with Crippen LogP contribution in [0.2, 0.25) is 5.02 Å². The first kappa shape index (κ1) is 18.0. The van der Waals surface area contributed by atoms with Crippen LogP contribution < -0.4 is 58.2 Å². The van der Waals surface area contributed by atoms with Crippen molar-refractivity contribution >= 4 is 11.6 Å². The minimum Gasteiger partial charge on any atom is -0.235 e. The Morgan fingerprint density at radius 3 is 1.91 bits per heavy atom. The van der Waals surface area contributed by atoms with Crippen LogP contribution in [0.1, 0.15) is 5.56 Å². The molecular formula is C19H13ClFRb. The van der Waals surface area contributed by atoms with Gasteiger partial charge >= 0.3 is 58.2 Å². The van der Waals surface area contributed by atoms with Gasteiger partial charge in [-0.05, 0) is 28.6 Å². The topological polar surface area (TPSA) is 0 Å². The summed E-state index contributed by atoms with van der Waals surface area (Å²) in [5, 5.41) is 0.112. The molecule has 22 heavy (non-hydrogen) atoms. The van der Waals surface area contributed by atoms with Crippen molar-refractivity contribution in [2.75, 3.05) is 0 Å². The molecule has 0 aromatic heterocycles. The van der Waals surface area contributed by atoms with E-state index in [-0.39, 0.29) is 63.2 Å². The smallest absolute Gasteiger partial charge is 0.235 e. The normalized spacial score (nSPS) is 10.1. The standard InChI is InChI=1S/C19H13ClF.Rb/c1-13-5-7-14(8-6-13)15-9-11-16(12-10-15)17-3-2-4-18(21)19(17)20;/h2-3,5-12H,1H3;/q-1;+1. The second-order valence-corrected chi connectivity index (χ2v) is 5.34. The maximum Gasteiger partial charge on any atom is 1.00 e. The van der Waals surface area contributed by atoms with Crippen LogP contribution in [0.25, 0.3) is 22.3 Å². The predicted molar refractivity (Wildman–Crippen MR) is 85.9 cm³/mol. The van der Waals surface area contributed by atoms with Gasteiger partial charge in [0.15, 0.2) is 0 Å². The maximum absolute atomic E-state index is 13.5. The molecule has 0 aliphatic heterocycles. The van der Waals surface area contributed by atoms with Gasteiger partial charge in [-0.3, -0.25) is 0 Å². The Kier molecular flexibility index (Phi) is 6.54. The fourth-order valence-corrected chi connectivity index (χ4v) is 2.49. The van der Waals surface area contributed by atoms with Crippen LogP contribution in [-0.2, 0) is 0 Å². The Hall–Kier alpha value is -0.315. The van der Waals surface area contributed by atoms with Gasteiger partial charge in [-0.25, -0.2) is 4.39 Å². The molecule has 0 spiro atoms. The van der Waals surface area contributed by atoms with Crippen molar-refractivity contribution < 1.29 is 62.6 Å². The number of hydrogen-bond acceptors (Lipinski definition) is 0. The summed E-state index contributed by atoms with van der Waals surface area (Å²) in [5.41, 5.74) is 5.09. The van der Waals surface area contributed by atoms with E-state index in [0.717, 1.165) is 16.7 Å². The Labute approximate surface area is 184 Å². The van der Waals surface area contributed by atoms with Gasteiger partial charge in [-0.1, -0.05) is 54.1 Å². The summed E-state index contributed by atoms with van der Waals surface area (Å²) in [4.78, 5) is 0. The van der Waals surface area contributed by atoms with Crippen molar-refractivity contribution in [3.8, 4) is 22.3 Å². The third-order valence-corrected chi connectivity index (χ3v) is 3.84. The average Bonchev–Trinajstić information content (AvgIpc) is 2.51. The molecule has 104 valence electrons. The molecule has 0 aliphatic carbocycles. The first-order valence-electron chi connectivity index (χ1n) is 6.68. The maximum atomic E-state index is 13.5. The molecule has 3 rings (SSSR count). The van der Waals surface area contributed by atoms with Crippen LogP contribution in [0.15, 0.2) is 60.7 Å². The molecule has 0 aliphatic rings. The van der Waals surface area contributed by atoms with E-state index in [2.05, 4.69) is 37.3 Å². The van der Waals surface area contributed by atoms with Crippen LogP contribution in [0.5, 0.6) is 0 Å². The summed E-state index contributed by atoms with van der Waals surface area (Å²) in [6.45, 7) is 2.07. The van der Waals surface area contributed by atoms with Crippen LogP contribution in [0.4, 0.5) is 4.39 Å². The molecule has 0 radical (unpaired) electrons. The molecule has 3 heteroatoms. The Balaban J connectivity index is 0.00000176. The zero-order valence-corrected chi connectivity index (χ0v) is 18.2. The third-order valence-electron chi connectivity index (χ3n) is 3.47. The molecule has 3 aromatic rings. The Morgan fingerprint density at radius 1 is 0.818 bits per heavy atom. The molecule has 3 aromatic carbocycles. The van der Waals surface area contributed by atoms with E-state index >= 15 is 0 Å². The monoisotopic (exact) mass is 380 g/mol. The number of aryl methyl sites for hydroxylation is 1. The van der Waals surface area contributed by atoms with E-state index < -0.39 is 5.82 Å². The van der Waals surface area contributed by atoms with E-state index in [9.17, 15) is 4.39 Å². The average molecular weight is 381 g/mol. The van der Waals surface area contributed by atoms with Crippen LogP contribution >= 0.6 is 11.6 Å². The summed E-state index contributed by atoms with van der Waals surface area (Å²) in [6, 6.07) is 22.1. The van der Waals surface area contributed by atoms with Crippen LogP contribution in [0, 0.1) is 18.8 Å². The summed E-state index contributed by atoms with van der Waals surface area (Å²) in [5.74, 6) is -0.517. The minimum atomic E-state index is -0.517. The largest absolute Gasteiger partial charge is 1.00 e. The number of rotatable bonds is 2. The molecular weight excluding hydrogens is 368 g/mol. The molecule has 0 atom stereocenters. The minimum absolute atomic E-state index is 0. The zero-order valence-electron chi connectivity index (χ0n) is 12.5. The Bertz CT molecular complexity index is 764. The number of hydrogen-bond donors (Lipinski definition) is 0. The van der Waals surface area contributed by atoms with Gasteiger partial charge in [0.05, 0.1) is 0 Å². The summed E-state index contributed by atoms with van der Waals surface area (Å²) < 4.78 is 13.5. The van der Waals surface area contributed by atoms with Crippen molar-refractivity contribution in [3.05, 3.63) is 83.1 Å². The van der Waals surface area contributed by atoms with Gasteiger partial charge in [-0.15, -0.1) is 11.6 Å². The molecule has 0 saturated carbocycles. The predicted octanol–water partition coefficient (Wildman–Crippen LogP) is 2.93. The quantitative estimate of drug-likeness (QED) is 0.599. The van der Waals surface area contributed by atoms with E-state index in [1.807, 2.05) is 24.3 Å². The summed E-state index contributed by atoms with van der Waals surface area (Å²) in [7, 11) is 0. The SMILES string of the molecule is Cc1ccc(-c2ccc(-c3cc[c-]c(F)c3Cl)cc2)cc1.[Rb+]. The molecule has 0 heterocycles. The molecule has 0 unspecified atom stereocenters. The van der Waals surface area contributed by atoms with Crippen molar-refractivity contribution in [2.24, 2.45) is 0 Å². The fourth-order valence-electron chi connectivity index (χ4n) is 2.26. The van der Waals surface area contributed by atoms with Crippen LogP contribution in [-0.4, -0.2) is 0 Å². The van der Waals surface area contributed by atoms with Crippen molar-refractivity contribution in [1.82, 2.24) is 0 Å². The van der Waals surface area contributed by atoms with Crippen molar-refractivity contribution in [3.63, 3.8) is 0 Å². The summed E-state index contributed by atoms with van der Waals surface area (Å²) >= 11 is 6.00. The Morgan fingerprint density at radius 2 is 1.32 bits per heavy atom. The van der Waals surface area contributed by atoms with E-state index in [1.165, 1.54) is 5.56 Å². The number of benzene rings is 3. The first-order valence-corrected chi connectivity index (χ1v) is 7.06. The van der Waals surface area contributed by atoms with Gasteiger partial charge in [0.2, 0.25) is 0 Å². The van der Waals surface area contributed by atoms with E-state index in [0.29, 0.717) is 5.56 Å². The molecule has 0 amide bonds. The van der Waals surface area contributed by atoms with Crippen LogP contribution in [0.3, 0.4) is 0 Å². The third kappa shape index (κ3) is 3.96. The van der Waals surface area contributed by atoms with Gasteiger partial charge in [0.25, 0.3) is 0 Å². The molecule has 0 bridgehead atoms. The molecule has 0 saturated heterocycles. The molecule has 0 N–H and O–H groups in total. The number of halogens is 2. The van der Waals surface area contributed by atoms with E-state index in [4.69, 9.17) is 11.6 Å². The molecule has 0 nitrogen and oxygen atoms in total. The zero-order chi connectivity index (χ0) is 14.8. The second kappa shape index (κ2) is 7.98. The first-order chi connectivity index (χ1) is 10.1. The second-order valence-electron chi connectivity index (χ2n) is 4.96. The summed E-state index contributed by atoms with van der Waals surface area (Å²) in [6.07, 6.45) is 0. The van der Waals surface area contributed by atoms with Gasteiger partial charge in [-0.2, -0.15) is 23.7 Å². The van der Waals surface area contributed by atoms with Gasteiger partial charge in [0, 0.05) is 5.82 Å². The fraction of sp³-hybridized carbons (Fsp3) is 0.0526. The van der Waals surface area contributed by atoms with Gasteiger partial charge < -0.3 is 0 Å². The molecule has 0 fully saturated rings. The van der Waals surface area contributed by atoms with E-state index in [1.54, 1.807) is 12.1 Å². The van der Waals surface area contributed by atoms with Crippen molar-refractivity contribution in [2.45, 2.75) is 6.92 Å². The van der Waals surface area contributed by atoms with Crippen molar-refractivity contribution in [1.29, 1.82) is 0 Å². The van der Waals surface area contributed by atoms with Gasteiger partial charge in [0.1, 0.15) is 0 Å².